The van der Waals surface area contributed by atoms with Gasteiger partial charge in [-0.25, -0.2) is 0 Å². The van der Waals surface area contributed by atoms with Crippen LogP contribution in [0.1, 0.15) is 51.4 Å². The Morgan fingerprint density at radius 3 is 2.40 bits per heavy atom. The van der Waals surface area contributed by atoms with Crippen molar-refractivity contribution in [1.29, 1.82) is 5.26 Å². The molecule has 0 bridgehead atoms. The largest absolute Gasteiger partial charge is 0.259 e. The van der Waals surface area contributed by atoms with E-state index in [2.05, 4.69) is 6.07 Å². The molecule has 0 aliphatic heterocycles. The summed E-state index contributed by atoms with van der Waals surface area (Å²) in [6.07, 6.45) is 9.12. The van der Waals surface area contributed by atoms with E-state index in [-0.39, 0.29) is 11.2 Å². The van der Waals surface area contributed by atoms with Crippen molar-refractivity contribution >= 4 is 10.8 Å². The van der Waals surface area contributed by atoms with Crippen molar-refractivity contribution in [2.24, 2.45) is 5.92 Å². The van der Waals surface area contributed by atoms with Crippen molar-refractivity contribution in [3.8, 4) is 6.07 Å². The van der Waals surface area contributed by atoms with Gasteiger partial charge >= 0.3 is 0 Å². The van der Waals surface area contributed by atoms with E-state index in [0.29, 0.717) is 5.25 Å². The summed E-state index contributed by atoms with van der Waals surface area (Å²) in [5.41, 5.74) is 0. The van der Waals surface area contributed by atoms with E-state index in [4.69, 9.17) is 5.26 Å². The van der Waals surface area contributed by atoms with Crippen molar-refractivity contribution < 1.29 is 4.21 Å². The van der Waals surface area contributed by atoms with E-state index in [1.165, 1.54) is 19.3 Å². The third-order valence-electron chi connectivity index (χ3n) is 3.80. The first kappa shape index (κ1) is 11.1. The minimum atomic E-state index is -0.734. The number of nitriles is 1. The van der Waals surface area contributed by atoms with Crippen LogP contribution in [0.2, 0.25) is 0 Å². The highest BCUT2D eigenvalue weighted by molar-refractivity contribution is 7.86. The minimum Gasteiger partial charge on any atom is -0.259 e. The number of nitrogens with zero attached hydrogens (tertiary/aromatic N) is 1. The Kier molecular flexibility index (Phi) is 3.80. The molecule has 2 saturated carbocycles. The van der Waals surface area contributed by atoms with Gasteiger partial charge in [0.2, 0.25) is 0 Å². The Balaban J connectivity index is 1.97. The second kappa shape index (κ2) is 5.12. The zero-order valence-corrected chi connectivity index (χ0v) is 9.97. The van der Waals surface area contributed by atoms with Crippen molar-refractivity contribution in [2.75, 3.05) is 0 Å². The summed E-state index contributed by atoms with van der Waals surface area (Å²) in [6.45, 7) is 0. The van der Waals surface area contributed by atoms with Gasteiger partial charge in [-0.3, -0.25) is 4.21 Å². The van der Waals surface area contributed by atoms with Gasteiger partial charge in [-0.2, -0.15) is 5.26 Å². The summed E-state index contributed by atoms with van der Waals surface area (Å²) in [4.78, 5) is 0. The Labute approximate surface area is 94.5 Å². The Morgan fingerprint density at radius 1 is 1.00 bits per heavy atom. The first-order valence-corrected chi connectivity index (χ1v) is 7.39. The van der Waals surface area contributed by atoms with Crippen LogP contribution >= 0.6 is 0 Å². The SMILES string of the molecule is N#CC1CCCC1S(=O)C1CCCCC1. The van der Waals surface area contributed by atoms with Gasteiger partial charge < -0.3 is 0 Å². The number of hydrogen-bond donors (Lipinski definition) is 0. The lowest BCUT2D eigenvalue weighted by Gasteiger charge is -2.25. The van der Waals surface area contributed by atoms with E-state index >= 15 is 0 Å². The lowest BCUT2D eigenvalue weighted by Crippen LogP contribution is -2.29. The van der Waals surface area contributed by atoms with E-state index in [1.807, 2.05) is 0 Å². The van der Waals surface area contributed by atoms with Gasteiger partial charge in [-0.05, 0) is 25.7 Å². The summed E-state index contributed by atoms with van der Waals surface area (Å²) in [6, 6.07) is 2.34. The summed E-state index contributed by atoms with van der Waals surface area (Å²) in [5.74, 6) is 0.0766. The van der Waals surface area contributed by atoms with Gasteiger partial charge in [0.25, 0.3) is 0 Å². The molecule has 3 heteroatoms. The van der Waals surface area contributed by atoms with Crippen LogP contribution in [0.15, 0.2) is 0 Å². The van der Waals surface area contributed by atoms with Crippen LogP contribution in [0.5, 0.6) is 0 Å². The molecule has 0 spiro atoms. The molecule has 0 aromatic rings. The molecular weight excluding hydrogens is 206 g/mol. The smallest absolute Gasteiger partial charge is 0.0668 e. The van der Waals surface area contributed by atoms with Crippen LogP contribution in [0.4, 0.5) is 0 Å². The predicted octanol–water partition coefficient (Wildman–Crippen LogP) is 2.76. The first-order valence-electron chi connectivity index (χ1n) is 6.12. The first-order chi connectivity index (χ1) is 7.33. The van der Waals surface area contributed by atoms with Gasteiger partial charge in [-0.1, -0.05) is 25.7 Å². The third-order valence-corrected chi connectivity index (χ3v) is 6.09. The molecule has 2 fully saturated rings. The summed E-state index contributed by atoms with van der Waals surface area (Å²) in [7, 11) is -0.734. The molecule has 0 aromatic heterocycles. The van der Waals surface area contributed by atoms with Crippen molar-refractivity contribution in [1.82, 2.24) is 0 Å². The van der Waals surface area contributed by atoms with Crippen LogP contribution < -0.4 is 0 Å². The van der Waals surface area contributed by atoms with Crippen LogP contribution in [-0.4, -0.2) is 14.7 Å². The molecule has 15 heavy (non-hydrogen) atoms. The highest BCUT2D eigenvalue weighted by Gasteiger charge is 2.35. The van der Waals surface area contributed by atoms with Gasteiger partial charge in [-0.15, -0.1) is 0 Å². The fourth-order valence-corrected chi connectivity index (χ4v) is 5.11. The molecule has 2 rings (SSSR count). The predicted molar refractivity (Wildman–Crippen MR) is 61.8 cm³/mol. The molecule has 0 aromatic carbocycles. The molecule has 84 valence electrons. The van der Waals surface area contributed by atoms with Crippen molar-refractivity contribution in [3.05, 3.63) is 0 Å². The van der Waals surface area contributed by atoms with Gasteiger partial charge in [0.15, 0.2) is 0 Å². The number of hydrogen-bond acceptors (Lipinski definition) is 2. The Morgan fingerprint density at radius 2 is 1.73 bits per heavy atom. The van der Waals surface area contributed by atoms with Crippen LogP contribution in [0.25, 0.3) is 0 Å². The van der Waals surface area contributed by atoms with Gasteiger partial charge in [0, 0.05) is 16.0 Å². The summed E-state index contributed by atoms with van der Waals surface area (Å²) >= 11 is 0. The molecule has 0 heterocycles. The minimum absolute atomic E-state index is 0.0766. The molecular formula is C12H19NOS. The van der Waals surface area contributed by atoms with E-state index < -0.39 is 10.8 Å². The topological polar surface area (TPSA) is 40.9 Å². The second-order valence-electron chi connectivity index (χ2n) is 4.79. The number of rotatable bonds is 2. The standard InChI is InChI=1S/C12H19NOS/c13-9-10-5-4-8-12(10)15(14)11-6-2-1-3-7-11/h10-12H,1-8H2. The molecule has 2 nitrogen and oxygen atoms in total. The second-order valence-corrected chi connectivity index (χ2v) is 6.72. The average Bonchev–Trinajstić information content (AvgIpc) is 2.77. The van der Waals surface area contributed by atoms with Crippen molar-refractivity contribution in [3.63, 3.8) is 0 Å². The van der Waals surface area contributed by atoms with Crippen molar-refractivity contribution in [2.45, 2.75) is 61.9 Å². The lowest BCUT2D eigenvalue weighted by molar-refractivity contribution is 0.499. The maximum Gasteiger partial charge on any atom is 0.0668 e. The maximum absolute atomic E-state index is 12.3. The fourth-order valence-electron chi connectivity index (χ4n) is 2.90. The summed E-state index contributed by atoms with van der Waals surface area (Å²) in [5, 5.41) is 9.59. The zero-order valence-electron chi connectivity index (χ0n) is 9.15. The molecule has 0 N–H and O–H groups in total. The lowest BCUT2D eigenvalue weighted by atomic mass is 10.0. The third kappa shape index (κ3) is 2.42. The van der Waals surface area contributed by atoms with E-state index in [0.717, 1.165) is 32.1 Å². The molecule has 3 unspecified atom stereocenters. The highest BCUT2D eigenvalue weighted by Crippen LogP contribution is 2.34. The summed E-state index contributed by atoms with van der Waals surface area (Å²) < 4.78 is 12.3. The van der Waals surface area contributed by atoms with Crippen LogP contribution in [0.3, 0.4) is 0 Å². The van der Waals surface area contributed by atoms with Gasteiger partial charge in [0.05, 0.1) is 17.2 Å². The normalized spacial score (nSPS) is 34.9. The molecule has 0 radical (unpaired) electrons. The fraction of sp³-hybridized carbons (Fsp3) is 0.917. The van der Waals surface area contributed by atoms with E-state index in [9.17, 15) is 4.21 Å². The van der Waals surface area contributed by atoms with Gasteiger partial charge in [0.1, 0.15) is 0 Å². The zero-order chi connectivity index (χ0) is 10.7. The molecule has 2 aliphatic carbocycles. The Bertz CT molecular complexity index is 278. The quantitative estimate of drug-likeness (QED) is 0.725. The molecule has 0 amide bonds. The molecule has 3 atom stereocenters. The molecule has 0 saturated heterocycles. The maximum atomic E-state index is 12.3. The highest BCUT2D eigenvalue weighted by atomic mass is 32.2. The monoisotopic (exact) mass is 225 g/mol. The Hall–Kier alpha value is -0.360. The van der Waals surface area contributed by atoms with Crippen LogP contribution in [-0.2, 0) is 10.8 Å². The average molecular weight is 225 g/mol. The molecule has 2 aliphatic rings. The van der Waals surface area contributed by atoms with Crippen LogP contribution in [0, 0.1) is 17.2 Å². The van der Waals surface area contributed by atoms with E-state index in [1.54, 1.807) is 0 Å².